The molecule has 0 aliphatic carbocycles. The second-order valence-electron chi connectivity index (χ2n) is 5.80. The van der Waals surface area contributed by atoms with Crippen molar-refractivity contribution < 1.29 is 23.5 Å². The average Bonchev–Trinajstić information content (AvgIpc) is 3.06. The molecule has 2 amide bonds. The molecule has 1 aromatic rings. The third kappa shape index (κ3) is 5.12. The molecule has 0 unspecified atom stereocenters. The Bertz CT molecular complexity index is 633. The lowest BCUT2D eigenvalue weighted by atomic mass is 9.90. The predicted molar refractivity (Wildman–Crippen MR) is 83.6 cm³/mol. The van der Waals surface area contributed by atoms with Crippen LogP contribution in [0.1, 0.15) is 38.2 Å². The zero-order chi connectivity index (χ0) is 18.3. The van der Waals surface area contributed by atoms with E-state index in [2.05, 4.69) is 10.6 Å². The number of nitriles is 1. The van der Waals surface area contributed by atoms with E-state index in [1.54, 1.807) is 26.8 Å². The summed E-state index contributed by atoms with van der Waals surface area (Å²) in [7, 11) is 0. The van der Waals surface area contributed by atoms with Crippen molar-refractivity contribution in [1.29, 1.82) is 5.26 Å². The lowest BCUT2D eigenvalue weighted by molar-refractivity contribution is -0.150. The molecule has 2 atom stereocenters. The van der Waals surface area contributed by atoms with Crippen LogP contribution in [0.2, 0.25) is 0 Å². The number of rotatable bonds is 7. The van der Waals surface area contributed by atoms with Crippen molar-refractivity contribution in [2.24, 2.45) is 5.92 Å². The molecule has 2 N–H and O–H groups in total. The van der Waals surface area contributed by atoms with E-state index in [4.69, 9.17) is 14.4 Å². The first kappa shape index (κ1) is 19.2. The van der Waals surface area contributed by atoms with Gasteiger partial charge in [0.2, 0.25) is 0 Å². The molecule has 0 aliphatic heterocycles. The largest absolute Gasteiger partial charge is 0.459 e. The van der Waals surface area contributed by atoms with E-state index in [0.29, 0.717) is 0 Å². The van der Waals surface area contributed by atoms with Crippen molar-refractivity contribution in [2.75, 3.05) is 6.61 Å². The van der Waals surface area contributed by atoms with Gasteiger partial charge in [0.05, 0.1) is 12.3 Å². The van der Waals surface area contributed by atoms with Gasteiger partial charge >= 0.3 is 5.97 Å². The summed E-state index contributed by atoms with van der Waals surface area (Å²) in [5.41, 5.74) is -1.05. The maximum atomic E-state index is 11.8. The van der Waals surface area contributed by atoms with Gasteiger partial charge in [-0.3, -0.25) is 9.59 Å². The number of furan rings is 1. The van der Waals surface area contributed by atoms with Crippen LogP contribution in [0.25, 0.3) is 0 Å². The molecule has 0 spiro atoms. The zero-order valence-electron chi connectivity index (χ0n) is 14.1. The minimum Gasteiger partial charge on any atom is -0.459 e. The molecule has 130 valence electrons. The second-order valence-corrected chi connectivity index (χ2v) is 5.80. The van der Waals surface area contributed by atoms with Crippen LogP contribution < -0.4 is 10.6 Å². The molecule has 8 nitrogen and oxygen atoms in total. The van der Waals surface area contributed by atoms with Crippen molar-refractivity contribution in [2.45, 2.75) is 39.3 Å². The van der Waals surface area contributed by atoms with Gasteiger partial charge in [0, 0.05) is 0 Å². The first-order valence-corrected chi connectivity index (χ1v) is 7.43. The molecule has 24 heavy (non-hydrogen) atoms. The Kier molecular flexibility index (Phi) is 6.53. The van der Waals surface area contributed by atoms with Gasteiger partial charge in [-0.2, -0.15) is 5.26 Å². The Morgan fingerprint density at radius 1 is 1.38 bits per heavy atom. The van der Waals surface area contributed by atoms with Crippen molar-refractivity contribution in [3.63, 3.8) is 0 Å². The summed E-state index contributed by atoms with van der Waals surface area (Å²) in [6.45, 7) is 6.06. The maximum absolute atomic E-state index is 11.8. The number of nitrogens with one attached hydrogen (secondary N) is 2. The Balaban J connectivity index is 2.46. The summed E-state index contributed by atoms with van der Waals surface area (Å²) in [5, 5.41) is 14.0. The first-order chi connectivity index (χ1) is 11.2. The van der Waals surface area contributed by atoms with E-state index in [9.17, 15) is 14.4 Å². The van der Waals surface area contributed by atoms with Crippen molar-refractivity contribution in [3.05, 3.63) is 24.2 Å². The molecule has 0 aromatic carbocycles. The molecule has 8 heteroatoms. The third-order valence-electron chi connectivity index (χ3n) is 3.58. The molecule has 1 aromatic heterocycles. The highest BCUT2D eigenvalue weighted by atomic mass is 16.5. The van der Waals surface area contributed by atoms with E-state index in [0.717, 1.165) is 0 Å². The molecule has 1 rings (SSSR count). The average molecular weight is 335 g/mol. The number of esters is 1. The highest BCUT2D eigenvalue weighted by Crippen LogP contribution is 2.14. The summed E-state index contributed by atoms with van der Waals surface area (Å²) in [5.74, 6) is -1.98. The zero-order valence-corrected chi connectivity index (χ0v) is 14.1. The molecule has 1 heterocycles. The first-order valence-electron chi connectivity index (χ1n) is 7.43. The van der Waals surface area contributed by atoms with E-state index < -0.39 is 36.0 Å². The number of nitrogens with zero attached hydrogens (tertiary/aromatic N) is 1. The third-order valence-corrected chi connectivity index (χ3v) is 3.58. The van der Waals surface area contributed by atoms with Crippen LogP contribution >= 0.6 is 0 Å². The van der Waals surface area contributed by atoms with Crippen LogP contribution in [-0.4, -0.2) is 36.0 Å². The molecule has 0 saturated carbocycles. The highest BCUT2D eigenvalue weighted by Gasteiger charge is 2.30. The minimum absolute atomic E-state index is 0.0640. The number of carbonyl (C=O) groups is 3. The maximum Gasteiger partial charge on any atom is 0.328 e. The van der Waals surface area contributed by atoms with E-state index in [1.807, 2.05) is 6.07 Å². The van der Waals surface area contributed by atoms with E-state index >= 15 is 0 Å². The van der Waals surface area contributed by atoms with Gasteiger partial charge in [0.25, 0.3) is 11.8 Å². The molecule has 0 saturated heterocycles. The number of hydrogen-bond donors (Lipinski definition) is 2. The molecule has 0 bridgehead atoms. The molecule has 0 fully saturated rings. The number of amides is 2. The van der Waals surface area contributed by atoms with Crippen LogP contribution in [0, 0.1) is 17.2 Å². The predicted octanol–water partition coefficient (Wildman–Crippen LogP) is 0.996. The van der Waals surface area contributed by atoms with Crippen LogP contribution in [-0.2, 0) is 14.3 Å². The van der Waals surface area contributed by atoms with Gasteiger partial charge < -0.3 is 19.8 Å². The fraction of sp³-hybridized carbons (Fsp3) is 0.500. The van der Waals surface area contributed by atoms with Gasteiger partial charge in [0.1, 0.15) is 11.6 Å². The summed E-state index contributed by atoms with van der Waals surface area (Å²) >= 11 is 0. The lowest BCUT2D eigenvalue weighted by Gasteiger charge is -2.27. The standard InChI is InChI=1S/C16H21N3O5/c1-10(2)16(4,9-17)19-13(20)8-24-15(22)11(3)18-14(21)12-6-5-7-23-12/h5-7,10-11H,8H2,1-4H3,(H,18,21)(H,19,20)/t11-,16+/m1/s1. The molecular formula is C16H21N3O5. The number of carbonyl (C=O) groups excluding carboxylic acids is 3. The van der Waals surface area contributed by atoms with E-state index in [-0.39, 0.29) is 11.7 Å². The van der Waals surface area contributed by atoms with Crippen LogP contribution in [0.3, 0.4) is 0 Å². The number of hydrogen-bond acceptors (Lipinski definition) is 6. The van der Waals surface area contributed by atoms with Crippen molar-refractivity contribution in [3.8, 4) is 6.07 Å². The SMILES string of the molecule is CC(C)[C@](C)(C#N)NC(=O)COC(=O)[C@@H](C)NC(=O)c1ccco1. The Morgan fingerprint density at radius 3 is 2.54 bits per heavy atom. The van der Waals surface area contributed by atoms with Gasteiger partial charge in [-0.25, -0.2) is 4.79 Å². The molecule has 0 aliphatic rings. The summed E-state index contributed by atoms with van der Waals surface area (Å²) in [6, 6.07) is 4.06. The second kappa shape index (κ2) is 8.15. The van der Waals surface area contributed by atoms with Gasteiger partial charge in [-0.05, 0) is 31.9 Å². The Morgan fingerprint density at radius 2 is 2.04 bits per heavy atom. The summed E-state index contributed by atoms with van der Waals surface area (Å²) in [6.07, 6.45) is 1.34. The lowest BCUT2D eigenvalue weighted by Crippen LogP contribution is -2.50. The summed E-state index contributed by atoms with van der Waals surface area (Å²) < 4.78 is 9.75. The highest BCUT2D eigenvalue weighted by molar-refractivity contribution is 5.94. The minimum atomic E-state index is -1.05. The van der Waals surface area contributed by atoms with Crippen molar-refractivity contribution >= 4 is 17.8 Å². The van der Waals surface area contributed by atoms with Crippen LogP contribution in [0.5, 0.6) is 0 Å². The smallest absolute Gasteiger partial charge is 0.328 e. The summed E-state index contributed by atoms with van der Waals surface area (Å²) in [4.78, 5) is 35.4. The molecular weight excluding hydrogens is 314 g/mol. The van der Waals surface area contributed by atoms with Crippen LogP contribution in [0.15, 0.2) is 22.8 Å². The fourth-order valence-electron chi connectivity index (χ4n) is 1.62. The Hall–Kier alpha value is -2.82. The van der Waals surface area contributed by atoms with Gasteiger partial charge in [-0.15, -0.1) is 0 Å². The number of ether oxygens (including phenoxy) is 1. The Labute approximate surface area is 140 Å². The fourth-order valence-corrected chi connectivity index (χ4v) is 1.62. The van der Waals surface area contributed by atoms with Gasteiger partial charge in [-0.1, -0.05) is 13.8 Å². The normalized spacial score (nSPS) is 14.2. The van der Waals surface area contributed by atoms with Gasteiger partial charge in [0.15, 0.2) is 12.4 Å². The topological polar surface area (TPSA) is 121 Å². The van der Waals surface area contributed by atoms with Crippen molar-refractivity contribution in [1.82, 2.24) is 10.6 Å². The molecule has 0 radical (unpaired) electrons. The monoisotopic (exact) mass is 335 g/mol. The van der Waals surface area contributed by atoms with E-state index in [1.165, 1.54) is 19.3 Å². The van der Waals surface area contributed by atoms with Crippen LogP contribution in [0.4, 0.5) is 0 Å². The quantitative estimate of drug-likeness (QED) is 0.717.